The first-order valence-corrected chi connectivity index (χ1v) is 6.75. The van der Waals surface area contributed by atoms with Crippen LogP contribution < -0.4 is 16.0 Å². The predicted molar refractivity (Wildman–Crippen MR) is 73.3 cm³/mol. The Bertz CT molecular complexity index is 507. The maximum Gasteiger partial charge on any atom is 0.242 e. The highest BCUT2D eigenvalue weighted by molar-refractivity contribution is 5.85. The van der Waals surface area contributed by atoms with Gasteiger partial charge in [-0.2, -0.15) is 0 Å². The lowest BCUT2D eigenvalue weighted by Gasteiger charge is -2.36. The third-order valence-corrected chi connectivity index (χ3v) is 3.72. The number of likely N-dealkylation sites (N-methyl/N-ethyl adjacent to an activating group) is 1. The number of hydrogen-bond acceptors (Lipinski definition) is 3. The van der Waals surface area contributed by atoms with E-state index < -0.39 is 17.7 Å². The fourth-order valence-electron chi connectivity index (χ4n) is 2.62. The zero-order valence-electron chi connectivity index (χ0n) is 11.5. The number of nitrogens with one attached hydrogen (secondary N) is 1. The number of carbonyl (C=O) groups is 1. The highest BCUT2D eigenvalue weighted by atomic mass is 19.2. The lowest BCUT2D eigenvalue weighted by molar-refractivity contribution is -0.122. The van der Waals surface area contributed by atoms with Crippen LogP contribution in [0.3, 0.4) is 0 Å². The molecule has 4 nitrogen and oxygen atoms in total. The molecule has 3 N–H and O–H groups in total. The van der Waals surface area contributed by atoms with Gasteiger partial charge in [0.1, 0.15) is 6.04 Å². The smallest absolute Gasteiger partial charge is 0.242 e. The first-order valence-electron chi connectivity index (χ1n) is 6.75. The van der Waals surface area contributed by atoms with Crippen LogP contribution in [0.25, 0.3) is 0 Å². The molecule has 1 atom stereocenters. The molecule has 1 aromatic rings. The van der Waals surface area contributed by atoms with E-state index in [2.05, 4.69) is 5.32 Å². The third-order valence-electron chi connectivity index (χ3n) is 3.72. The Morgan fingerprint density at radius 3 is 2.80 bits per heavy atom. The number of anilines is 1. The van der Waals surface area contributed by atoms with Crippen LogP contribution in [-0.2, 0) is 11.3 Å². The van der Waals surface area contributed by atoms with Crippen molar-refractivity contribution in [1.82, 2.24) is 5.32 Å². The van der Waals surface area contributed by atoms with Crippen LogP contribution in [-0.4, -0.2) is 25.5 Å². The maximum absolute atomic E-state index is 14.2. The molecule has 0 bridgehead atoms. The van der Waals surface area contributed by atoms with E-state index in [4.69, 9.17) is 5.73 Å². The van der Waals surface area contributed by atoms with E-state index >= 15 is 0 Å². The van der Waals surface area contributed by atoms with Crippen LogP contribution in [0.4, 0.5) is 14.5 Å². The number of hydrogen-bond donors (Lipinski definition) is 2. The van der Waals surface area contributed by atoms with E-state index in [0.29, 0.717) is 13.0 Å². The van der Waals surface area contributed by atoms with Crippen LogP contribution in [0.5, 0.6) is 0 Å². The monoisotopic (exact) mass is 283 g/mol. The second kappa shape index (κ2) is 6.17. The van der Waals surface area contributed by atoms with Crippen LogP contribution in [0.1, 0.15) is 24.8 Å². The van der Waals surface area contributed by atoms with Gasteiger partial charge in [0.05, 0.1) is 5.69 Å². The van der Waals surface area contributed by atoms with Gasteiger partial charge in [0.2, 0.25) is 5.91 Å². The average Bonchev–Trinajstić information content (AvgIpc) is 2.49. The third kappa shape index (κ3) is 2.60. The highest BCUT2D eigenvalue weighted by Crippen LogP contribution is 2.29. The second-order valence-corrected chi connectivity index (χ2v) is 4.90. The fourth-order valence-corrected chi connectivity index (χ4v) is 2.62. The predicted octanol–water partition coefficient (Wildman–Crippen LogP) is 1.53. The number of carbonyl (C=O) groups excluding carboxylic acids is 1. The summed E-state index contributed by atoms with van der Waals surface area (Å²) in [6.07, 6.45) is 2.39. The van der Waals surface area contributed by atoms with Gasteiger partial charge < -0.3 is 16.0 Å². The summed E-state index contributed by atoms with van der Waals surface area (Å²) in [4.78, 5) is 13.5. The summed E-state index contributed by atoms with van der Waals surface area (Å²) in [6.45, 7) is 0.484. The first-order chi connectivity index (χ1) is 9.60. The summed E-state index contributed by atoms with van der Waals surface area (Å²) in [5.74, 6) is -2.03. The number of halogens is 2. The van der Waals surface area contributed by atoms with Crippen molar-refractivity contribution < 1.29 is 13.6 Å². The number of nitrogens with zero attached hydrogens (tertiary/aromatic N) is 1. The molecule has 1 heterocycles. The Hall–Kier alpha value is -1.69. The van der Waals surface area contributed by atoms with Gasteiger partial charge in [0.15, 0.2) is 11.6 Å². The van der Waals surface area contributed by atoms with Crippen LogP contribution in [0.2, 0.25) is 0 Å². The summed E-state index contributed by atoms with van der Waals surface area (Å²) < 4.78 is 28.0. The second-order valence-electron chi connectivity index (χ2n) is 4.90. The van der Waals surface area contributed by atoms with Crippen molar-refractivity contribution in [1.29, 1.82) is 0 Å². The zero-order valence-corrected chi connectivity index (χ0v) is 11.5. The molecule has 1 unspecified atom stereocenters. The number of piperidine rings is 1. The molecule has 6 heteroatoms. The molecule has 110 valence electrons. The highest BCUT2D eigenvalue weighted by Gasteiger charge is 2.30. The molecule has 0 radical (unpaired) electrons. The molecule has 20 heavy (non-hydrogen) atoms. The van der Waals surface area contributed by atoms with Gasteiger partial charge in [-0.05, 0) is 25.3 Å². The minimum Gasteiger partial charge on any atom is -0.357 e. The Labute approximate surface area is 116 Å². The zero-order chi connectivity index (χ0) is 14.7. The molecular formula is C14H19F2N3O. The summed E-state index contributed by atoms with van der Waals surface area (Å²) in [5.41, 5.74) is 5.63. The minimum absolute atomic E-state index is 0.0537. The minimum atomic E-state index is -0.927. The van der Waals surface area contributed by atoms with Gasteiger partial charge in [-0.3, -0.25) is 4.79 Å². The van der Waals surface area contributed by atoms with E-state index in [9.17, 15) is 13.6 Å². The molecule has 2 rings (SSSR count). The normalized spacial score (nSPS) is 19.0. The molecule has 0 aliphatic carbocycles. The molecule has 1 aliphatic rings. The number of rotatable bonds is 3. The van der Waals surface area contributed by atoms with E-state index in [0.717, 1.165) is 12.8 Å². The summed E-state index contributed by atoms with van der Waals surface area (Å²) in [7, 11) is 1.55. The Balaban J connectivity index is 2.38. The van der Waals surface area contributed by atoms with Gasteiger partial charge in [-0.1, -0.05) is 6.07 Å². The molecule has 0 spiro atoms. The lowest BCUT2D eigenvalue weighted by atomic mass is 10.00. The van der Waals surface area contributed by atoms with Crippen molar-refractivity contribution >= 4 is 11.6 Å². The summed E-state index contributed by atoms with van der Waals surface area (Å²) in [5, 5.41) is 2.57. The quantitative estimate of drug-likeness (QED) is 0.884. The van der Waals surface area contributed by atoms with E-state index in [1.807, 2.05) is 0 Å². The van der Waals surface area contributed by atoms with Crippen molar-refractivity contribution in [3.05, 3.63) is 29.3 Å². The Kier molecular flexibility index (Phi) is 4.54. The van der Waals surface area contributed by atoms with Gasteiger partial charge in [-0.25, -0.2) is 8.78 Å². The topological polar surface area (TPSA) is 58.4 Å². The average molecular weight is 283 g/mol. The van der Waals surface area contributed by atoms with Gasteiger partial charge in [0, 0.05) is 25.7 Å². The van der Waals surface area contributed by atoms with Crippen molar-refractivity contribution in [2.75, 3.05) is 18.5 Å². The summed E-state index contributed by atoms with van der Waals surface area (Å²) in [6, 6.07) is 2.52. The van der Waals surface area contributed by atoms with Gasteiger partial charge in [0.25, 0.3) is 0 Å². The number of benzene rings is 1. The molecule has 1 aliphatic heterocycles. The van der Waals surface area contributed by atoms with Gasteiger partial charge >= 0.3 is 0 Å². The largest absolute Gasteiger partial charge is 0.357 e. The Morgan fingerprint density at radius 2 is 2.15 bits per heavy atom. The van der Waals surface area contributed by atoms with E-state index in [1.54, 1.807) is 11.9 Å². The van der Waals surface area contributed by atoms with Crippen molar-refractivity contribution in [2.45, 2.75) is 31.8 Å². The van der Waals surface area contributed by atoms with Crippen LogP contribution in [0, 0.1) is 11.6 Å². The fraction of sp³-hybridized carbons (Fsp3) is 0.500. The Morgan fingerprint density at radius 1 is 1.40 bits per heavy atom. The molecule has 1 saturated heterocycles. The van der Waals surface area contributed by atoms with Crippen molar-refractivity contribution in [2.24, 2.45) is 5.73 Å². The molecule has 1 amide bonds. The maximum atomic E-state index is 14.2. The first kappa shape index (κ1) is 14.7. The lowest BCUT2D eigenvalue weighted by Crippen LogP contribution is -2.49. The number of amides is 1. The van der Waals surface area contributed by atoms with E-state index in [1.165, 1.54) is 12.1 Å². The van der Waals surface area contributed by atoms with Gasteiger partial charge in [-0.15, -0.1) is 0 Å². The number of nitrogens with two attached hydrogens (primary N) is 1. The standard InChI is InChI=1S/C14H19F2N3O/c1-18-14(20)11-4-2-3-7-19(11)10-6-5-9(8-17)12(15)13(10)16/h5-6,11H,2-4,7-8,17H2,1H3,(H,18,20). The molecular weight excluding hydrogens is 264 g/mol. The molecule has 0 saturated carbocycles. The van der Waals surface area contributed by atoms with Crippen molar-refractivity contribution in [3.8, 4) is 0 Å². The summed E-state index contributed by atoms with van der Waals surface area (Å²) >= 11 is 0. The SMILES string of the molecule is CNC(=O)C1CCCCN1c1ccc(CN)c(F)c1F. The van der Waals surface area contributed by atoms with Crippen LogP contribution in [0.15, 0.2) is 12.1 Å². The molecule has 1 fully saturated rings. The molecule has 1 aromatic carbocycles. The molecule has 0 aromatic heterocycles. The van der Waals surface area contributed by atoms with Crippen molar-refractivity contribution in [3.63, 3.8) is 0 Å². The van der Waals surface area contributed by atoms with E-state index in [-0.39, 0.29) is 23.7 Å². The van der Waals surface area contributed by atoms with Crippen LogP contribution >= 0.6 is 0 Å².